The van der Waals surface area contributed by atoms with E-state index in [1.165, 1.54) is 4.31 Å². The maximum absolute atomic E-state index is 11.9. The quantitative estimate of drug-likeness (QED) is 0.743. The van der Waals surface area contributed by atoms with E-state index < -0.39 is 16.3 Å². The standard InChI is InChI=1S/C10H16N4O3S/c15-9-7-8(10(9)14-6-1-3-11-14)12-18(16,17)13-4-2-5-13/h1,3,6,8-10,12,15H,2,4-5,7H2. The molecule has 2 heterocycles. The van der Waals surface area contributed by atoms with Crippen LogP contribution < -0.4 is 4.72 Å². The predicted molar refractivity (Wildman–Crippen MR) is 63.9 cm³/mol. The van der Waals surface area contributed by atoms with E-state index >= 15 is 0 Å². The van der Waals surface area contributed by atoms with E-state index in [9.17, 15) is 13.5 Å². The Morgan fingerprint density at radius 1 is 1.39 bits per heavy atom. The van der Waals surface area contributed by atoms with Gasteiger partial charge in [-0.3, -0.25) is 4.68 Å². The van der Waals surface area contributed by atoms with E-state index in [0.29, 0.717) is 19.5 Å². The topological polar surface area (TPSA) is 87.5 Å². The molecule has 18 heavy (non-hydrogen) atoms. The zero-order valence-corrected chi connectivity index (χ0v) is 10.6. The summed E-state index contributed by atoms with van der Waals surface area (Å²) in [6.07, 6.45) is 4.15. The van der Waals surface area contributed by atoms with Crippen LogP contribution in [0.1, 0.15) is 18.9 Å². The maximum atomic E-state index is 11.9. The van der Waals surface area contributed by atoms with Crippen LogP contribution in [0, 0.1) is 0 Å². The summed E-state index contributed by atoms with van der Waals surface area (Å²) >= 11 is 0. The molecule has 1 saturated heterocycles. The third-order valence-electron chi connectivity index (χ3n) is 3.59. The molecule has 0 spiro atoms. The number of rotatable bonds is 4. The predicted octanol–water partition coefficient (Wildman–Crippen LogP) is -0.903. The average Bonchev–Trinajstić information content (AvgIpc) is 2.65. The first kappa shape index (κ1) is 12.1. The highest BCUT2D eigenvalue weighted by molar-refractivity contribution is 7.87. The normalized spacial score (nSPS) is 32.8. The van der Waals surface area contributed by atoms with Gasteiger partial charge >= 0.3 is 0 Å². The summed E-state index contributed by atoms with van der Waals surface area (Å²) < 4.78 is 29.5. The highest BCUT2D eigenvalue weighted by Crippen LogP contribution is 2.33. The number of hydrogen-bond donors (Lipinski definition) is 2. The molecular weight excluding hydrogens is 256 g/mol. The minimum Gasteiger partial charge on any atom is -0.391 e. The van der Waals surface area contributed by atoms with Crippen molar-refractivity contribution in [1.29, 1.82) is 0 Å². The molecule has 1 aliphatic heterocycles. The van der Waals surface area contributed by atoms with Gasteiger partial charge in [-0.2, -0.15) is 22.5 Å². The average molecular weight is 272 g/mol. The summed E-state index contributed by atoms with van der Waals surface area (Å²) in [5.74, 6) is 0. The van der Waals surface area contributed by atoms with Crippen molar-refractivity contribution in [2.45, 2.75) is 31.0 Å². The smallest absolute Gasteiger partial charge is 0.279 e. The SMILES string of the molecule is O=S(=O)(NC1CC(O)C1n1cccn1)N1CCC1. The Morgan fingerprint density at radius 3 is 2.67 bits per heavy atom. The van der Waals surface area contributed by atoms with E-state index in [4.69, 9.17) is 0 Å². The number of aliphatic hydroxyl groups is 1. The van der Waals surface area contributed by atoms with Crippen molar-refractivity contribution in [2.24, 2.45) is 0 Å². The van der Waals surface area contributed by atoms with Crippen LogP contribution in [0.25, 0.3) is 0 Å². The van der Waals surface area contributed by atoms with Gasteiger partial charge in [0.05, 0.1) is 18.2 Å². The minimum absolute atomic E-state index is 0.287. The van der Waals surface area contributed by atoms with Crippen LogP contribution in [-0.2, 0) is 10.2 Å². The van der Waals surface area contributed by atoms with Gasteiger partial charge in [-0.15, -0.1) is 0 Å². The Morgan fingerprint density at radius 2 is 2.17 bits per heavy atom. The van der Waals surface area contributed by atoms with Crippen molar-refractivity contribution >= 4 is 10.2 Å². The Labute approximate surface area is 106 Å². The van der Waals surface area contributed by atoms with Gasteiger partial charge in [0, 0.05) is 25.5 Å². The van der Waals surface area contributed by atoms with Crippen molar-refractivity contribution in [3.05, 3.63) is 18.5 Å². The largest absolute Gasteiger partial charge is 0.391 e. The first-order chi connectivity index (χ1) is 8.58. The molecule has 0 amide bonds. The van der Waals surface area contributed by atoms with Crippen molar-refractivity contribution in [3.8, 4) is 0 Å². The number of nitrogens with zero attached hydrogens (tertiary/aromatic N) is 3. The summed E-state index contributed by atoms with van der Waals surface area (Å²) in [5, 5.41) is 13.8. The van der Waals surface area contributed by atoms with E-state index in [2.05, 4.69) is 9.82 Å². The monoisotopic (exact) mass is 272 g/mol. The number of nitrogens with one attached hydrogen (secondary N) is 1. The summed E-state index contributed by atoms with van der Waals surface area (Å²) in [7, 11) is -3.40. The van der Waals surface area contributed by atoms with Gasteiger partial charge in [-0.25, -0.2) is 0 Å². The van der Waals surface area contributed by atoms with Crippen molar-refractivity contribution < 1.29 is 13.5 Å². The summed E-state index contributed by atoms with van der Waals surface area (Å²) in [5.41, 5.74) is 0. The van der Waals surface area contributed by atoms with Crippen molar-refractivity contribution in [2.75, 3.05) is 13.1 Å². The zero-order valence-electron chi connectivity index (χ0n) is 9.81. The number of aromatic nitrogens is 2. The summed E-state index contributed by atoms with van der Waals surface area (Å²) in [6.45, 7) is 1.16. The molecule has 7 nitrogen and oxygen atoms in total. The molecule has 2 N–H and O–H groups in total. The molecule has 8 heteroatoms. The van der Waals surface area contributed by atoms with Gasteiger partial charge in [0.1, 0.15) is 0 Å². The van der Waals surface area contributed by atoms with Crippen LogP contribution in [0.15, 0.2) is 18.5 Å². The molecule has 0 aromatic carbocycles. The fourth-order valence-corrected chi connectivity index (χ4v) is 3.85. The van der Waals surface area contributed by atoms with Gasteiger partial charge in [-0.05, 0) is 18.9 Å². The first-order valence-electron chi connectivity index (χ1n) is 6.02. The second-order valence-electron chi connectivity index (χ2n) is 4.76. The molecule has 0 bridgehead atoms. The van der Waals surface area contributed by atoms with Crippen LogP contribution in [0.2, 0.25) is 0 Å². The molecule has 1 aromatic heterocycles. The van der Waals surface area contributed by atoms with Crippen LogP contribution in [-0.4, -0.2) is 52.8 Å². The zero-order chi connectivity index (χ0) is 12.8. The molecule has 0 radical (unpaired) electrons. The van der Waals surface area contributed by atoms with Gasteiger partial charge in [0.25, 0.3) is 10.2 Å². The molecule has 1 saturated carbocycles. The van der Waals surface area contributed by atoms with Crippen molar-refractivity contribution in [3.63, 3.8) is 0 Å². The summed E-state index contributed by atoms with van der Waals surface area (Å²) in [4.78, 5) is 0. The third kappa shape index (κ3) is 1.95. The molecule has 2 aliphatic rings. The molecule has 2 fully saturated rings. The van der Waals surface area contributed by atoms with Crippen molar-refractivity contribution in [1.82, 2.24) is 18.8 Å². The van der Waals surface area contributed by atoms with E-state index in [1.54, 1.807) is 23.1 Å². The fraction of sp³-hybridized carbons (Fsp3) is 0.700. The Balaban J connectivity index is 1.70. The molecule has 3 atom stereocenters. The van der Waals surface area contributed by atoms with Gasteiger partial charge in [0.2, 0.25) is 0 Å². The molecule has 100 valence electrons. The fourth-order valence-electron chi connectivity index (χ4n) is 2.34. The molecule has 1 aliphatic carbocycles. The number of hydrogen-bond acceptors (Lipinski definition) is 4. The lowest BCUT2D eigenvalue weighted by Gasteiger charge is -2.43. The molecule has 3 rings (SSSR count). The Kier molecular flexibility index (Phi) is 2.89. The maximum Gasteiger partial charge on any atom is 0.279 e. The number of aliphatic hydroxyl groups excluding tert-OH is 1. The van der Waals surface area contributed by atoms with Crippen LogP contribution >= 0.6 is 0 Å². The second-order valence-corrected chi connectivity index (χ2v) is 6.46. The second kappa shape index (κ2) is 4.30. The lowest BCUT2D eigenvalue weighted by molar-refractivity contribution is -0.000179. The lowest BCUT2D eigenvalue weighted by atomic mass is 9.84. The summed E-state index contributed by atoms with van der Waals surface area (Å²) in [6, 6.07) is 1.16. The third-order valence-corrected chi connectivity index (χ3v) is 5.23. The van der Waals surface area contributed by atoms with E-state index in [1.807, 2.05) is 0 Å². The first-order valence-corrected chi connectivity index (χ1v) is 7.46. The van der Waals surface area contributed by atoms with Gasteiger partial charge in [-0.1, -0.05) is 0 Å². The van der Waals surface area contributed by atoms with Crippen LogP contribution in [0.5, 0.6) is 0 Å². The molecule has 1 aromatic rings. The lowest BCUT2D eigenvalue weighted by Crippen LogP contribution is -2.60. The van der Waals surface area contributed by atoms with Gasteiger partial charge in [0.15, 0.2) is 0 Å². The van der Waals surface area contributed by atoms with E-state index in [0.717, 1.165) is 6.42 Å². The van der Waals surface area contributed by atoms with E-state index in [-0.39, 0.29) is 12.1 Å². The van der Waals surface area contributed by atoms with Gasteiger partial charge < -0.3 is 5.11 Å². The highest BCUT2D eigenvalue weighted by atomic mass is 32.2. The Hall–Kier alpha value is -0.960. The molecule has 3 unspecified atom stereocenters. The molecular formula is C10H16N4O3S. The van der Waals surface area contributed by atoms with Crippen LogP contribution in [0.4, 0.5) is 0 Å². The minimum atomic E-state index is -3.40. The van der Waals surface area contributed by atoms with Crippen LogP contribution in [0.3, 0.4) is 0 Å². The Bertz CT molecular complexity index is 511. The highest BCUT2D eigenvalue weighted by Gasteiger charge is 2.45.